The summed E-state index contributed by atoms with van der Waals surface area (Å²) >= 11 is 0. The molecule has 2 fully saturated rings. The van der Waals surface area contributed by atoms with Crippen molar-refractivity contribution in [2.45, 2.75) is 65.1 Å². The molecule has 2 saturated heterocycles. The zero-order chi connectivity index (χ0) is 27.3. The summed E-state index contributed by atoms with van der Waals surface area (Å²) in [5.41, 5.74) is 1.45. The van der Waals surface area contributed by atoms with Gasteiger partial charge in [0.2, 0.25) is 11.8 Å². The van der Waals surface area contributed by atoms with Crippen LogP contribution >= 0.6 is 0 Å². The Kier molecular flexibility index (Phi) is 9.70. The molecule has 204 valence electrons. The number of nitrogens with zero attached hydrogens (tertiary/aromatic N) is 3. The zero-order valence-corrected chi connectivity index (χ0v) is 23.0. The van der Waals surface area contributed by atoms with Crippen LogP contribution in [0.4, 0.5) is 5.69 Å². The van der Waals surface area contributed by atoms with E-state index in [0.29, 0.717) is 44.6 Å². The van der Waals surface area contributed by atoms with Gasteiger partial charge in [-0.3, -0.25) is 19.2 Å². The van der Waals surface area contributed by atoms with E-state index in [0.717, 1.165) is 5.69 Å². The predicted octanol–water partition coefficient (Wildman–Crippen LogP) is 2.34. The number of anilines is 1. The second kappa shape index (κ2) is 12.5. The Balaban J connectivity index is 1.74. The fourth-order valence-corrected chi connectivity index (χ4v) is 4.91. The third-order valence-corrected chi connectivity index (χ3v) is 7.38. The van der Waals surface area contributed by atoms with Crippen molar-refractivity contribution in [1.29, 1.82) is 0 Å². The van der Waals surface area contributed by atoms with Crippen LogP contribution in [0.25, 0.3) is 0 Å². The Bertz CT molecular complexity index is 971. The molecule has 9 heteroatoms. The quantitative estimate of drug-likeness (QED) is 0.600. The lowest BCUT2D eigenvalue weighted by molar-refractivity contribution is -0.148. The molecule has 3 amide bonds. The standard InChI is InChI=1S/C28H42N4O5/c1-18(2)15-24(29-26(34)21-7-9-23(10-8-21)30(5)6)28(36)31-13-11-19(3)32(16-25(33)20(31)4)27(35)22-12-14-37-17-22/h7-10,18-20,22,24H,11-17H2,1-6H3,(H,29,34)/t19-,20?,22?,24?/m0/s1. The molecule has 9 nitrogen and oxygen atoms in total. The van der Waals surface area contributed by atoms with Gasteiger partial charge < -0.3 is 24.8 Å². The third-order valence-electron chi connectivity index (χ3n) is 7.38. The van der Waals surface area contributed by atoms with Crippen LogP contribution in [0.3, 0.4) is 0 Å². The van der Waals surface area contributed by atoms with Gasteiger partial charge in [-0.25, -0.2) is 0 Å². The fourth-order valence-electron chi connectivity index (χ4n) is 4.91. The van der Waals surface area contributed by atoms with E-state index in [1.807, 2.05) is 51.9 Å². The molecule has 1 aromatic rings. The Labute approximate surface area is 220 Å². The Morgan fingerprint density at radius 3 is 2.32 bits per heavy atom. The minimum Gasteiger partial charge on any atom is -0.381 e. The molecule has 3 unspecified atom stereocenters. The molecule has 37 heavy (non-hydrogen) atoms. The van der Waals surface area contributed by atoms with E-state index >= 15 is 0 Å². The normalized spacial score (nSPS) is 23.4. The van der Waals surface area contributed by atoms with Gasteiger partial charge in [0.25, 0.3) is 5.91 Å². The van der Waals surface area contributed by atoms with Gasteiger partial charge in [0.05, 0.1) is 25.1 Å². The number of Topliss-reactive ketones (excluding diaryl/α,β-unsaturated/α-hetero) is 1. The SMILES string of the molecule is CC(C)CC(NC(=O)c1ccc(N(C)C)cc1)C(=O)N1CC[C@H](C)N(C(=O)C2CCOC2)CC(=O)C1C. The summed E-state index contributed by atoms with van der Waals surface area (Å²) in [6, 6.07) is 5.58. The van der Waals surface area contributed by atoms with Crippen molar-refractivity contribution < 1.29 is 23.9 Å². The molecular weight excluding hydrogens is 472 g/mol. The van der Waals surface area contributed by atoms with Crippen molar-refractivity contribution in [1.82, 2.24) is 15.1 Å². The molecule has 0 saturated carbocycles. The Hall–Kier alpha value is -2.94. The molecular formula is C28H42N4O5. The summed E-state index contributed by atoms with van der Waals surface area (Å²) < 4.78 is 5.37. The van der Waals surface area contributed by atoms with Crippen molar-refractivity contribution in [3.05, 3.63) is 29.8 Å². The molecule has 0 aliphatic carbocycles. The van der Waals surface area contributed by atoms with Crippen LogP contribution in [0, 0.1) is 11.8 Å². The largest absolute Gasteiger partial charge is 0.381 e. The van der Waals surface area contributed by atoms with E-state index in [1.54, 1.807) is 28.9 Å². The number of hydrogen-bond donors (Lipinski definition) is 1. The number of amides is 3. The molecule has 0 bridgehead atoms. The molecule has 4 atom stereocenters. The summed E-state index contributed by atoms with van der Waals surface area (Å²) in [6.07, 6.45) is 1.68. The van der Waals surface area contributed by atoms with Crippen LogP contribution in [0.15, 0.2) is 24.3 Å². The van der Waals surface area contributed by atoms with Crippen molar-refractivity contribution in [2.24, 2.45) is 11.8 Å². The van der Waals surface area contributed by atoms with E-state index in [1.165, 1.54) is 0 Å². The number of benzene rings is 1. The van der Waals surface area contributed by atoms with Crippen LogP contribution in [0.1, 0.15) is 57.3 Å². The lowest BCUT2D eigenvalue weighted by Crippen LogP contribution is -2.58. The van der Waals surface area contributed by atoms with Gasteiger partial charge in [0.15, 0.2) is 5.78 Å². The summed E-state index contributed by atoms with van der Waals surface area (Å²) in [7, 11) is 3.86. The zero-order valence-electron chi connectivity index (χ0n) is 23.0. The third kappa shape index (κ3) is 7.09. The highest BCUT2D eigenvalue weighted by Gasteiger charge is 2.38. The minimum absolute atomic E-state index is 0.0269. The number of carbonyl (C=O) groups excluding carboxylic acids is 4. The second-order valence-electron chi connectivity index (χ2n) is 10.9. The van der Waals surface area contributed by atoms with Gasteiger partial charge in [-0.2, -0.15) is 0 Å². The van der Waals surface area contributed by atoms with Crippen LogP contribution < -0.4 is 10.2 Å². The topological polar surface area (TPSA) is 99.3 Å². The Morgan fingerprint density at radius 2 is 1.76 bits per heavy atom. The average Bonchev–Trinajstić information content (AvgIpc) is 3.40. The number of rotatable bonds is 7. The van der Waals surface area contributed by atoms with Crippen molar-refractivity contribution >= 4 is 29.2 Å². The van der Waals surface area contributed by atoms with E-state index in [4.69, 9.17) is 4.74 Å². The number of ketones is 1. The monoisotopic (exact) mass is 514 g/mol. The van der Waals surface area contributed by atoms with Crippen LogP contribution in [-0.2, 0) is 19.1 Å². The molecule has 2 aliphatic rings. The molecule has 3 rings (SSSR count). The first kappa shape index (κ1) is 28.6. The first-order chi connectivity index (χ1) is 17.5. The smallest absolute Gasteiger partial charge is 0.251 e. The summed E-state index contributed by atoms with van der Waals surface area (Å²) in [5.74, 6) is -0.855. The first-order valence-electron chi connectivity index (χ1n) is 13.3. The van der Waals surface area contributed by atoms with Gasteiger partial charge in [-0.1, -0.05) is 13.8 Å². The van der Waals surface area contributed by atoms with E-state index in [2.05, 4.69) is 5.32 Å². The highest BCUT2D eigenvalue weighted by atomic mass is 16.5. The van der Waals surface area contributed by atoms with Crippen LogP contribution in [0.2, 0.25) is 0 Å². The van der Waals surface area contributed by atoms with Gasteiger partial charge in [-0.05, 0) is 63.3 Å². The number of ether oxygens (including phenoxy) is 1. The van der Waals surface area contributed by atoms with E-state index < -0.39 is 12.1 Å². The van der Waals surface area contributed by atoms with Gasteiger partial charge in [0.1, 0.15) is 6.04 Å². The maximum Gasteiger partial charge on any atom is 0.251 e. The molecule has 0 spiro atoms. The highest BCUT2D eigenvalue weighted by molar-refractivity contribution is 5.99. The van der Waals surface area contributed by atoms with E-state index in [-0.39, 0.29) is 47.9 Å². The Morgan fingerprint density at radius 1 is 1.08 bits per heavy atom. The predicted molar refractivity (Wildman–Crippen MR) is 142 cm³/mol. The summed E-state index contributed by atoms with van der Waals surface area (Å²) in [4.78, 5) is 58.3. The highest BCUT2D eigenvalue weighted by Crippen LogP contribution is 2.22. The maximum absolute atomic E-state index is 13.8. The summed E-state index contributed by atoms with van der Waals surface area (Å²) in [5, 5.41) is 2.92. The minimum atomic E-state index is -0.751. The molecule has 1 N–H and O–H groups in total. The fraction of sp³-hybridized carbons (Fsp3) is 0.643. The van der Waals surface area contributed by atoms with Crippen LogP contribution in [-0.4, -0.2) is 91.8 Å². The number of nitrogens with one attached hydrogen (secondary N) is 1. The van der Waals surface area contributed by atoms with Crippen molar-refractivity contribution in [3.8, 4) is 0 Å². The number of carbonyl (C=O) groups is 4. The maximum atomic E-state index is 13.8. The lowest BCUT2D eigenvalue weighted by Gasteiger charge is -2.39. The average molecular weight is 515 g/mol. The number of hydrogen-bond acceptors (Lipinski definition) is 6. The molecule has 0 radical (unpaired) electrons. The van der Waals surface area contributed by atoms with Gasteiger partial charge in [0, 0.05) is 44.5 Å². The van der Waals surface area contributed by atoms with Gasteiger partial charge >= 0.3 is 0 Å². The molecule has 2 heterocycles. The van der Waals surface area contributed by atoms with Gasteiger partial charge in [-0.15, -0.1) is 0 Å². The molecule has 0 aromatic heterocycles. The molecule has 1 aromatic carbocycles. The van der Waals surface area contributed by atoms with E-state index in [9.17, 15) is 19.2 Å². The molecule has 2 aliphatic heterocycles. The first-order valence-corrected chi connectivity index (χ1v) is 13.3. The lowest BCUT2D eigenvalue weighted by atomic mass is 9.98. The van der Waals surface area contributed by atoms with Crippen molar-refractivity contribution in [2.75, 3.05) is 45.3 Å². The summed E-state index contributed by atoms with van der Waals surface area (Å²) in [6.45, 7) is 8.90. The van der Waals surface area contributed by atoms with Crippen molar-refractivity contribution in [3.63, 3.8) is 0 Å². The second-order valence-corrected chi connectivity index (χ2v) is 10.9. The van der Waals surface area contributed by atoms with Crippen LogP contribution in [0.5, 0.6) is 0 Å².